The monoisotopic (exact) mass is 493 g/mol. The number of hydrogen-bond acceptors (Lipinski definition) is 8. The van der Waals surface area contributed by atoms with Crippen LogP contribution in [0.3, 0.4) is 0 Å². The van der Waals surface area contributed by atoms with Gasteiger partial charge in [-0.25, -0.2) is 4.79 Å². The average Bonchev–Trinajstić information content (AvgIpc) is 3.56. The summed E-state index contributed by atoms with van der Waals surface area (Å²) in [5, 5.41) is 13.5. The third kappa shape index (κ3) is 3.96. The van der Waals surface area contributed by atoms with Gasteiger partial charge in [-0.2, -0.15) is 0 Å². The van der Waals surface area contributed by atoms with Gasteiger partial charge in [-0.3, -0.25) is 29.4 Å². The lowest BCUT2D eigenvalue weighted by Crippen LogP contribution is -2.32. The summed E-state index contributed by atoms with van der Waals surface area (Å²) in [4.78, 5) is 62.3. The lowest BCUT2D eigenvalue weighted by atomic mass is 9.81. The van der Waals surface area contributed by atoms with Crippen LogP contribution in [-0.2, 0) is 19.1 Å². The van der Waals surface area contributed by atoms with E-state index in [1.165, 1.54) is 54.5 Å². The van der Waals surface area contributed by atoms with Crippen LogP contribution >= 0.6 is 0 Å². The number of amides is 3. The van der Waals surface area contributed by atoms with Crippen LogP contribution in [0.2, 0.25) is 0 Å². The number of nitrogens with one attached hydrogen (secondary N) is 1. The first-order valence-electron chi connectivity index (χ1n) is 11.6. The van der Waals surface area contributed by atoms with Crippen LogP contribution in [0.25, 0.3) is 0 Å². The Kier molecular flexibility index (Phi) is 5.91. The van der Waals surface area contributed by atoms with Gasteiger partial charge in [0.15, 0.2) is 6.61 Å². The Labute approximate surface area is 205 Å². The number of imide groups is 1. The Hall–Kier alpha value is -4.28. The van der Waals surface area contributed by atoms with Gasteiger partial charge in [-0.15, -0.1) is 0 Å². The van der Waals surface area contributed by atoms with Crippen molar-refractivity contribution >= 4 is 40.8 Å². The number of anilines is 2. The number of rotatable bonds is 7. The molecule has 2 saturated carbocycles. The van der Waals surface area contributed by atoms with E-state index in [1.807, 2.05) is 0 Å². The number of hydrogen-bond donors (Lipinski definition) is 1. The second-order valence-electron chi connectivity index (χ2n) is 9.21. The first kappa shape index (κ1) is 23.5. The van der Waals surface area contributed by atoms with E-state index in [9.17, 15) is 29.3 Å². The van der Waals surface area contributed by atoms with Crippen LogP contribution in [0.5, 0.6) is 5.75 Å². The molecule has 0 spiro atoms. The van der Waals surface area contributed by atoms with Crippen LogP contribution in [0, 0.1) is 33.8 Å². The number of nitro benzene ring substituents is 1. The molecular weight excluding hydrogens is 470 g/mol. The third-order valence-electron chi connectivity index (χ3n) is 7.30. The molecule has 0 aromatic heterocycles. The molecule has 2 aromatic rings. The summed E-state index contributed by atoms with van der Waals surface area (Å²) >= 11 is 0. The van der Waals surface area contributed by atoms with Gasteiger partial charge in [-0.1, -0.05) is 0 Å². The van der Waals surface area contributed by atoms with E-state index in [0.29, 0.717) is 11.4 Å². The Morgan fingerprint density at radius 2 is 1.69 bits per heavy atom. The molecule has 2 bridgehead atoms. The molecule has 0 unspecified atom stereocenters. The normalized spacial score (nSPS) is 24.0. The molecule has 1 saturated heterocycles. The molecular formula is C25H23N3O8. The van der Waals surface area contributed by atoms with Crippen LogP contribution in [0.1, 0.15) is 29.6 Å². The first-order chi connectivity index (χ1) is 17.3. The zero-order valence-corrected chi connectivity index (χ0v) is 19.3. The SMILES string of the molecule is COc1ccc([N+](=O)[O-])c(NC(=O)COC(=O)c2ccc(N3C(=O)[C@@H]4[C@H]5CC[C@@H](C5)[C@@H]4C3=O)cc2)c1. The quantitative estimate of drug-likeness (QED) is 0.268. The van der Waals surface area contributed by atoms with Crippen molar-refractivity contribution in [3.63, 3.8) is 0 Å². The van der Waals surface area contributed by atoms with E-state index in [0.717, 1.165) is 19.3 Å². The van der Waals surface area contributed by atoms with Crippen molar-refractivity contribution in [3.05, 3.63) is 58.1 Å². The molecule has 4 atom stereocenters. The van der Waals surface area contributed by atoms with Gasteiger partial charge in [0.05, 0.1) is 35.1 Å². The molecule has 11 nitrogen and oxygen atoms in total. The Balaban J connectivity index is 1.21. The zero-order valence-electron chi connectivity index (χ0n) is 19.3. The Bertz CT molecular complexity index is 1250. The maximum absolute atomic E-state index is 13.0. The molecule has 36 heavy (non-hydrogen) atoms. The second-order valence-corrected chi connectivity index (χ2v) is 9.21. The van der Waals surface area contributed by atoms with Crippen molar-refractivity contribution in [1.82, 2.24) is 0 Å². The molecule has 11 heteroatoms. The van der Waals surface area contributed by atoms with Gasteiger partial charge >= 0.3 is 5.97 Å². The first-order valence-corrected chi connectivity index (χ1v) is 11.6. The minimum absolute atomic E-state index is 0.0945. The summed E-state index contributed by atoms with van der Waals surface area (Å²) in [6.45, 7) is -0.676. The summed E-state index contributed by atoms with van der Waals surface area (Å²) < 4.78 is 10.0. The van der Waals surface area contributed by atoms with Crippen molar-refractivity contribution in [2.75, 3.05) is 23.9 Å². The van der Waals surface area contributed by atoms with Gasteiger partial charge in [0, 0.05) is 12.1 Å². The number of nitrogens with zero attached hydrogens (tertiary/aromatic N) is 2. The van der Waals surface area contributed by atoms with E-state index in [4.69, 9.17) is 9.47 Å². The number of methoxy groups -OCH3 is 1. The Morgan fingerprint density at radius 1 is 1.06 bits per heavy atom. The Morgan fingerprint density at radius 3 is 2.28 bits per heavy atom. The molecule has 2 aliphatic carbocycles. The van der Waals surface area contributed by atoms with Crippen molar-refractivity contribution in [2.24, 2.45) is 23.7 Å². The van der Waals surface area contributed by atoms with Gasteiger partial charge in [0.1, 0.15) is 11.4 Å². The summed E-state index contributed by atoms with van der Waals surface area (Å²) in [5.74, 6) is -1.53. The maximum Gasteiger partial charge on any atom is 0.338 e. The molecule has 3 aliphatic rings. The fourth-order valence-electron chi connectivity index (χ4n) is 5.71. The van der Waals surface area contributed by atoms with E-state index in [1.54, 1.807) is 0 Å². The molecule has 5 rings (SSSR count). The van der Waals surface area contributed by atoms with Crippen LogP contribution in [0.15, 0.2) is 42.5 Å². The minimum Gasteiger partial charge on any atom is -0.497 e. The molecule has 2 aromatic carbocycles. The average molecular weight is 493 g/mol. The highest BCUT2D eigenvalue weighted by atomic mass is 16.6. The molecule has 3 fully saturated rings. The number of fused-ring (bicyclic) bond motifs is 5. The highest BCUT2D eigenvalue weighted by Gasteiger charge is 2.61. The van der Waals surface area contributed by atoms with E-state index >= 15 is 0 Å². The standard InChI is InChI=1S/C25H23N3O8/c1-35-17-8-9-19(28(33)34)18(11-17)26-20(29)12-36-25(32)13-4-6-16(7-5-13)27-23(30)21-14-2-3-15(10-14)22(21)24(27)31/h4-9,11,14-15,21-22H,2-3,10,12H2,1H3,(H,26,29)/t14-,15-,21-,22+/m0/s1. The second kappa shape index (κ2) is 9.06. The van der Waals surface area contributed by atoms with Crippen LogP contribution < -0.4 is 15.0 Å². The largest absolute Gasteiger partial charge is 0.497 e. The molecule has 1 N–H and O–H groups in total. The lowest BCUT2D eigenvalue weighted by molar-refractivity contribution is -0.383. The van der Waals surface area contributed by atoms with Gasteiger partial charge in [-0.05, 0) is 61.4 Å². The predicted octanol–water partition coefficient (Wildman–Crippen LogP) is 2.93. The maximum atomic E-state index is 13.0. The van der Waals surface area contributed by atoms with Crippen LogP contribution in [0.4, 0.5) is 17.1 Å². The molecule has 1 aliphatic heterocycles. The van der Waals surface area contributed by atoms with E-state index in [-0.39, 0.29) is 52.4 Å². The third-order valence-corrected chi connectivity index (χ3v) is 7.30. The number of carbonyl (C=O) groups excluding carboxylic acids is 4. The molecule has 0 radical (unpaired) electrons. The highest BCUT2D eigenvalue weighted by Crippen LogP contribution is 2.56. The van der Waals surface area contributed by atoms with Crippen molar-refractivity contribution in [3.8, 4) is 5.75 Å². The molecule has 1 heterocycles. The smallest absolute Gasteiger partial charge is 0.338 e. The minimum atomic E-state index is -0.800. The van der Waals surface area contributed by atoms with Crippen molar-refractivity contribution in [2.45, 2.75) is 19.3 Å². The zero-order chi connectivity index (χ0) is 25.6. The number of nitro groups is 1. The molecule has 3 amide bonds. The van der Waals surface area contributed by atoms with Crippen molar-refractivity contribution in [1.29, 1.82) is 0 Å². The lowest BCUT2D eigenvalue weighted by Gasteiger charge is -2.19. The number of benzene rings is 2. The number of esters is 1. The summed E-state index contributed by atoms with van der Waals surface area (Å²) in [6.07, 6.45) is 2.93. The van der Waals surface area contributed by atoms with E-state index < -0.39 is 23.4 Å². The number of ether oxygens (including phenoxy) is 2. The predicted molar refractivity (Wildman–Crippen MR) is 125 cm³/mol. The summed E-state index contributed by atoms with van der Waals surface area (Å²) in [7, 11) is 1.38. The summed E-state index contributed by atoms with van der Waals surface area (Å²) in [6, 6.07) is 9.73. The molecule has 186 valence electrons. The van der Waals surface area contributed by atoms with Crippen molar-refractivity contribution < 1.29 is 33.6 Å². The number of carbonyl (C=O) groups is 4. The van der Waals surface area contributed by atoms with Gasteiger partial charge < -0.3 is 14.8 Å². The fourth-order valence-corrected chi connectivity index (χ4v) is 5.71. The fraction of sp³-hybridized carbons (Fsp3) is 0.360. The van der Waals surface area contributed by atoms with E-state index in [2.05, 4.69) is 5.32 Å². The highest BCUT2D eigenvalue weighted by molar-refractivity contribution is 6.22. The summed E-state index contributed by atoms with van der Waals surface area (Å²) in [5.41, 5.74) is 0.0915. The van der Waals surface area contributed by atoms with Crippen LogP contribution in [-0.4, -0.2) is 42.3 Å². The van der Waals surface area contributed by atoms with Gasteiger partial charge in [0.25, 0.3) is 11.6 Å². The topological polar surface area (TPSA) is 145 Å². The van der Waals surface area contributed by atoms with Gasteiger partial charge in [0.2, 0.25) is 11.8 Å².